The summed E-state index contributed by atoms with van der Waals surface area (Å²) in [7, 11) is 3.21. The number of rotatable bonds is 17. The first-order valence-corrected chi connectivity index (χ1v) is 12.2. The molecule has 0 aliphatic rings. The van der Waals surface area contributed by atoms with Gasteiger partial charge in [-0.2, -0.15) is 0 Å². The Morgan fingerprint density at radius 1 is 0.708 bits per heavy atom. The van der Waals surface area contributed by atoms with Crippen molar-refractivity contribution in [2.45, 2.75) is 31.4 Å². The zero-order chi connectivity index (χ0) is 18.3. The second kappa shape index (κ2) is 14.3. The molecule has 0 spiro atoms. The molecule has 0 saturated carbocycles. The molecule has 0 heterocycles. The Morgan fingerprint density at radius 2 is 1.21 bits per heavy atom. The van der Waals surface area contributed by atoms with E-state index in [1.165, 1.54) is 0 Å². The molecular weight excluding hydrogens is 348 g/mol. The lowest BCUT2D eigenvalue weighted by Gasteiger charge is -2.26. The van der Waals surface area contributed by atoms with E-state index in [4.69, 9.17) is 32.3 Å². The molecule has 0 unspecified atom stereocenters. The summed E-state index contributed by atoms with van der Waals surface area (Å²) < 4.78 is 33.0. The van der Waals surface area contributed by atoms with Gasteiger partial charge in [0.05, 0.1) is 0 Å². The van der Waals surface area contributed by atoms with E-state index in [0.29, 0.717) is 13.2 Å². The van der Waals surface area contributed by atoms with Crippen LogP contribution in [0.25, 0.3) is 0 Å². The fourth-order valence-corrected chi connectivity index (χ4v) is 6.10. The van der Waals surface area contributed by atoms with E-state index < -0.39 is 17.6 Å². The van der Waals surface area contributed by atoms with Crippen LogP contribution in [0.4, 0.5) is 0 Å². The predicted molar refractivity (Wildman–Crippen MR) is 97.9 cm³/mol. The minimum atomic E-state index is -2.53. The van der Waals surface area contributed by atoms with E-state index in [1.807, 2.05) is 0 Å². The summed E-state index contributed by atoms with van der Waals surface area (Å²) in [5.41, 5.74) is 5.55. The highest BCUT2D eigenvalue weighted by molar-refractivity contribution is 6.60. The molecule has 0 radical (unpaired) electrons. The van der Waals surface area contributed by atoms with E-state index in [-0.39, 0.29) is 0 Å². The number of nitrogens with two attached hydrogens (primary N) is 1. The molecule has 0 aromatic carbocycles. The van der Waals surface area contributed by atoms with Crippen LogP contribution >= 0.6 is 0 Å². The summed E-state index contributed by atoms with van der Waals surface area (Å²) in [5, 5.41) is 3.39. The van der Waals surface area contributed by atoms with E-state index in [0.717, 1.165) is 44.4 Å². The Hall–Kier alpha value is 0.114. The highest BCUT2D eigenvalue weighted by atomic mass is 28.4. The van der Waals surface area contributed by atoms with Crippen molar-refractivity contribution in [3.63, 3.8) is 0 Å². The van der Waals surface area contributed by atoms with Gasteiger partial charge in [-0.1, -0.05) is 0 Å². The van der Waals surface area contributed by atoms with Gasteiger partial charge in [-0.05, 0) is 38.9 Å². The zero-order valence-electron chi connectivity index (χ0n) is 15.9. The predicted octanol–water partition coefficient (Wildman–Crippen LogP) is 0.831. The SMILES string of the molecule is CO[Si](CCCNCCCO[Si](CCCN)(OC)OC)(OC)OC. The summed E-state index contributed by atoms with van der Waals surface area (Å²) in [6.45, 7) is 2.98. The van der Waals surface area contributed by atoms with Gasteiger partial charge in [0.15, 0.2) is 0 Å². The molecule has 0 saturated heterocycles. The third kappa shape index (κ3) is 8.99. The quantitative estimate of drug-likeness (QED) is 0.281. The smallest absolute Gasteiger partial charge is 0.377 e. The fraction of sp³-hybridized carbons (Fsp3) is 1.00. The Balaban J connectivity index is 3.82. The molecule has 0 fully saturated rings. The molecule has 0 aromatic rings. The molecule has 0 amide bonds. The Labute approximate surface area is 149 Å². The topological polar surface area (TPSA) is 93.4 Å². The maximum atomic E-state index is 5.89. The van der Waals surface area contributed by atoms with Crippen LogP contribution in [0.5, 0.6) is 0 Å². The van der Waals surface area contributed by atoms with Gasteiger partial charge in [-0.25, -0.2) is 0 Å². The Bertz CT molecular complexity index is 286. The van der Waals surface area contributed by atoms with Gasteiger partial charge < -0.3 is 37.6 Å². The first-order chi connectivity index (χ1) is 11.6. The molecular formula is C14H36N2O6Si2. The van der Waals surface area contributed by atoms with Crippen molar-refractivity contribution in [3.8, 4) is 0 Å². The standard InChI is InChI=1S/C14H36N2O6Si2/c1-17-23(18-2,19-3)14-8-11-16-10-7-12-22-24(20-4,21-5)13-6-9-15/h16H,6-15H2,1-5H3. The summed E-state index contributed by atoms with van der Waals surface area (Å²) in [4.78, 5) is 0. The zero-order valence-corrected chi connectivity index (χ0v) is 17.9. The van der Waals surface area contributed by atoms with Crippen molar-refractivity contribution in [2.24, 2.45) is 5.73 Å². The largest absolute Gasteiger partial charge is 0.500 e. The van der Waals surface area contributed by atoms with Crippen molar-refractivity contribution in [1.82, 2.24) is 5.32 Å². The maximum absolute atomic E-state index is 5.89. The molecule has 0 rings (SSSR count). The van der Waals surface area contributed by atoms with Crippen LogP contribution in [0.3, 0.4) is 0 Å². The first kappa shape index (κ1) is 24.1. The van der Waals surface area contributed by atoms with Crippen molar-refractivity contribution < 1.29 is 26.6 Å². The molecule has 3 N–H and O–H groups in total. The second-order valence-electron chi connectivity index (χ2n) is 5.33. The first-order valence-electron chi connectivity index (χ1n) is 8.38. The molecule has 0 aliphatic heterocycles. The number of hydrogen-bond donors (Lipinski definition) is 2. The second-order valence-corrected chi connectivity index (χ2v) is 11.4. The summed E-state index contributed by atoms with van der Waals surface area (Å²) in [5.74, 6) is 0. The van der Waals surface area contributed by atoms with Crippen LogP contribution in [-0.4, -0.2) is 79.4 Å². The van der Waals surface area contributed by atoms with Gasteiger partial charge in [-0.15, -0.1) is 0 Å². The van der Waals surface area contributed by atoms with Gasteiger partial charge in [0, 0.05) is 54.2 Å². The molecule has 0 atom stereocenters. The van der Waals surface area contributed by atoms with Crippen LogP contribution in [-0.2, 0) is 26.6 Å². The Kier molecular flexibility index (Phi) is 14.4. The number of nitrogens with one attached hydrogen (secondary N) is 1. The molecule has 24 heavy (non-hydrogen) atoms. The van der Waals surface area contributed by atoms with E-state index in [2.05, 4.69) is 5.32 Å². The van der Waals surface area contributed by atoms with Gasteiger partial charge in [-0.3, -0.25) is 0 Å². The average Bonchev–Trinajstić information content (AvgIpc) is 2.64. The van der Waals surface area contributed by atoms with Gasteiger partial charge in [0.1, 0.15) is 0 Å². The van der Waals surface area contributed by atoms with E-state index in [1.54, 1.807) is 35.5 Å². The maximum Gasteiger partial charge on any atom is 0.500 e. The van der Waals surface area contributed by atoms with Crippen molar-refractivity contribution in [3.05, 3.63) is 0 Å². The van der Waals surface area contributed by atoms with Crippen LogP contribution < -0.4 is 11.1 Å². The highest BCUT2D eigenvalue weighted by Crippen LogP contribution is 2.16. The van der Waals surface area contributed by atoms with E-state index >= 15 is 0 Å². The van der Waals surface area contributed by atoms with Crippen LogP contribution in [0.2, 0.25) is 12.1 Å². The average molecular weight is 385 g/mol. The van der Waals surface area contributed by atoms with Crippen molar-refractivity contribution in [1.29, 1.82) is 0 Å². The number of hydrogen-bond acceptors (Lipinski definition) is 8. The van der Waals surface area contributed by atoms with Crippen LogP contribution in [0.1, 0.15) is 19.3 Å². The lowest BCUT2D eigenvalue weighted by atomic mass is 10.4. The monoisotopic (exact) mass is 384 g/mol. The molecule has 8 nitrogen and oxygen atoms in total. The molecule has 0 aromatic heterocycles. The third-order valence-electron chi connectivity index (χ3n) is 3.90. The molecule has 146 valence electrons. The normalized spacial score (nSPS) is 12.8. The van der Waals surface area contributed by atoms with Crippen molar-refractivity contribution >= 4 is 17.6 Å². The Morgan fingerprint density at radius 3 is 1.71 bits per heavy atom. The van der Waals surface area contributed by atoms with Gasteiger partial charge in [0.25, 0.3) is 0 Å². The summed E-state index contributed by atoms with van der Waals surface area (Å²) in [6.07, 6.45) is 2.68. The lowest BCUT2D eigenvalue weighted by Crippen LogP contribution is -2.44. The molecule has 0 aliphatic carbocycles. The van der Waals surface area contributed by atoms with Crippen LogP contribution in [0.15, 0.2) is 0 Å². The lowest BCUT2D eigenvalue weighted by molar-refractivity contribution is 0.0966. The van der Waals surface area contributed by atoms with Gasteiger partial charge in [0.2, 0.25) is 0 Å². The molecule has 10 heteroatoms. The fourth-order valence-electron chi connectivity index (χ4n) is 2.33. The van der Waals surface area contributed by atoms with Crippen LogP contribution in [0, 0.1) is 0 Å². The minimum absolute atomic E-state index is 0.609. The van der Waals surface area contributed by atoms with E-state index in [9.17, 15) is 0 Å². The third-order valence-corrected chi connectivity index (χ3v) is 9.58. The molecule has 0 bridgehead atoms. The summed E-state index contributed by atoms with van der Waals surface area (Å²) >= 11 is 0. The van der Waals surface area contributed by atoms with Gasteiger partial charge >= 0.3 is 17.6 Å². The summed E-state index contributed by atoms with van der Waals surface area (Å²) in [6, 6.07) is 1.55. The minimum Gasteiger partial charge on any atom is -0.377 e. The van der Waals surface area contributed by atoms with Crippen molar-refractivity contribution in [2.75, 3.05) is 61.8 Å². The highest BCUT2D eigenvalue weighted by Gasteiger charge is 2.38.